The zero-order valence-corrected chi connectivity index (χ0v) is 12.8. The van der Waals surface area contributed by atoms with E-state index in [1.165, 1.54) is 0 Å². The van der Waals surface area contributed by atoms with E-state index in [0.717, 1.165) is 19.3 Å². The van der Waals surface area contributed by atoms with Gasteiger partial charge >= 0.3 is 0 Å². The Bertz CT molecular complexity index is 575. The van der Waals surface area contributed by atoms with Gasteiger partial charge < -0.3 is 10.6 Å². The topological polar surface area (TPSA) is 82.0 Å². The fourth-order valence-electron chi connectivity index (χ4n) is 2.36. The van der Waals surface area contributed by atoms with Crippen LogP contribution in [0, 0.1) is 23.2 Å². The van der Waals surface area contributed by atoms with Gasteiger partial charge in [0, 0.05) is 12.2 Å². The van der Waals surface area contributed by atoms with E-state index in [1.807, 2.05) is 6.07 Å². The van der Waals surface area contributed by atoms with Crippen molar-refractivity contribution in [2.45, 2.75) is 32.6 Å². The van der Waals surface area contributed by atoms with Gasteiger partial charge in [0.1, 0.15) is 0 Å². The van der Waals surface area contributed by atoms with Crippen LogP contribution >= 0.6 is 0 Å². The van der Waals surface area contributed by atoms with Crippen LogP contribution in [0.3, 0.4) is 0 Å². The van der Waals surface area contributed by atoms with Crippen LogP contribution in [0.2, 0.25) is 0 Å². The van der Waals surface area contributed by atoms with E-state index in [-0.39, 0.29) is 23.7 Å². The predicted octanol–water partition coefficient (Wildman–Crippen LogP) is 2.44. The number of nitriles is 1. The summed E-state index contributed by atoms with van der Waals surface area (Å²) >= 11 is 0. The second-order valence-electron chi connectivity index (χ2n) is 5.63. The molecule has 2 amide bonds. The van der Waals surface area contributed by atoms with E-state index in [0.29, 0.717) is 24.2 Å². The largest absolute Gasteiger partial charge is 0.356 e. The van der Waals surface area contributed by atoms with Gasteiger partial charge in [-0.1, -0.05) is 19.8 Å². The lowest BCUT2D eigenvalue weighted by Gasteiger charge is -2.06. The van der Waals surface area contributed by atoms with E-state index in [2.05, 4.69) is 17.6 Å². The van der Waals surface area contributed by atoms with Crippen molar-refractivity contribution in [1.29, 1.82) is 5.26 Å². The second-order valence-corrected chi connectivity index (χ2v) is 5.63. The lowest BCUT2D eigenvalue weighted by molar-refractivity contribution is -0.125. The van der Waals surface area contributed by atoms with Gasteiger partial charge in [0.25, 0.3) is 0 Å². The van der Waals surface area contributed by atoms with Crippen molar-refractivity contribution in [2.24, 2.45) is 11.8 Å². The Morgan fingerprint density at radius 3 is 2.50 bits per heavy atom. The monoisotopic (exact) mass is 299 g/mol. The third kappa shape index (κ3) is 4.32. The number of nitrogens with zero attached hydrogens (tertiary/aromatic N) is 1. The minimum atomic E-state index is -0.234. The maximum atomic E-state index is 12.1. The first-order valence-corrected chi connectivity index (χ1v) is 7.74. The number of benzene rings is 1. The van der Waals surface area contributed by atoms with Gasteiger partial charge in [-0.3, -0.25) is 9.59 Å². The molecule has 0 radical (unpaired) electrons. The van der Waals surface area contributed by atoms with Crippen molar-refractivity contribution in [3.05, 3.63) is 29.8 Å². The van der Waals surface area contributed by atoms with Crippen LogP contribution in [0.1, 0.15) is 38.2 Å². The summed E-state index contributed by atoms with van der Waals surface area (Å²) in [5.74, 6) is -0.573. The maximum Gasteiger partial charge on any atom is 0.228 e. The zero-order chi connectivity index (χ0) is 15.9. The van der Waals surface area contributed by atoms with Crippen LogP contribution in [0.15, 0.2) is 24.3 Å². The predicted molar refractivity (Wildman–Crippen MR) is 83.9 cm³/mol. The number of anilines is 1. The number of amides is 2. The Balaban J connectivity index is 1.75. The fraction of sp³-hybridized carbons (Fsp3) is 0.471. The molecule has 5 nitrogen and oxygen atoms in total. The summed E-state index contributed by atoms with van der Waals surface area (Å²) in [5, 5.41) is 14.4. The van der Waals surface area contributed by atoms with Gasteiger partial charge in [-0.2, -0.15) is 5.26 Å². The molecule has 0 aromatic heterocycles. The summed E-state index contributed by atoms with van der Waals surface area (Å²) in [4.78, 5) is 24.0. The summed E-state index contributed by atoms with van der Waals surface area (Å²) in [6.45, 7) is 2.80. The molecule has 0 bridgehead atoms. The first-order chi connectivity index (χ1) is 10.7. The smallest absolute Gasteiger partial charge is 0.228 e. The summed E-state index contributed by atoms with van der Waals surface area (Å²) < 4.78 is 0. The molecule has 1 fully saturated rings. The Kier molecular flexibility index (Phi) is 5.54. The average Bonchev–Trinajstić information content (AvgIpc) is 3.33. The van der Waals surface area contributed by atoms with E-state index >= 15 is 0 Å². The van der Waals surface area contributed by atoms with Crippen LogP contribution in [0.25, 0.3) is 0 Å². The molecule has 5 heteroatoms. The lowest BCUT2D eigenvalue weighted by Crippen LogP contribution is -2.28. The third-order valence-electron chi connectivity index (χ3n) is 3.83. The Hall–Kier alpha value is -2.35. The molecule has 2 atom stereocenters. The van der Waals surface area contributed by atoms with Gasteiger partial charge in [-0.25, -0.2) is 0 Å². The van der Waals surface area contributed by atoms with Gasteiger partial charge in [-0.15, -0.1) is 0 Å². The zero-order valence-electron chi connectivity index (χ0n) is 12.8. The molecule has 2 unspecified atom stereocenters. The van der Waals surface area contributed by atoms with E-state index < -0.39 is 0 Å². The highest BCUT2D eigenvalue weighted by atomic mass is 16.2. The number of nitrogens with one attached hydrogen (secondary N) is 2. The van der Waals surface area contributed by atoms with Crippen LogP contribution in [-0.4, -0.2) is 18.4 Å². The molecular weight excluding hydrogens is 278 g/mol. The summed E-state index contributed by atoms with van der Waals surface area (Å²) in [7, 11) is 0. The number of unbranched alkanes of at least 4 members (excludes halogenated alkanes) is 2. The summed E-state index contributed by atoms with van der Waals surface area (Å²) in [6.07, 6.45) is 3.82. The number of hydrogen-bond acceptors (Lipinski definition) is 3. The highest BCUT2D eigenvalue weighted by Gasteiger charge is 2.47. The van der Waals surface area contributed by atoms with Gasteiger partial charge in [0.2, 0.25) is 11.8 Å². The van der Waals surface area contributed by atoms with Crippen LogP contribution in [0.5, 0.6) is 0 Å². The molecule has 1 aliphatic carbocycles. The Morgan fingerprint density at radius 2 is 1.86 bits per heavy atom. The first kappa shape index (κ1) is 16.0. The van der Waals surface area contributed by atoms with Crippen molar-refractivity contribution in [1.82, 2.24) is 5.32 Å². The SMILES string of the molecule is CCCCCNC(=O)C1CC1C(=O)Nc1ccc(C#N)cc1. The molecule has 0 saturated heterocycles. The van der Waals surface area contributed by atoms with Crippen molar-refractivity contribution in [3.8, 4) is 6.07 Å². The van der Waals surface area contributed by atoms with Crippen molar-refractivity contribution in [3.63, 3.8) is 0 Å². The van der Waals surface area contributed by atoms with E-state index in [4.69, 9.17) is 5.26 Å². The van der Waals surface area contributed by atoms with Gasteiger partial charge in [-0.05, 0) is 37.1 Å². The maximum absolute atomic E-state index is 12.1. The molecule has 2 N–H and O–H groups in total. The molecule has 0 heterocycles. The molecule has 1 saturated carbocycles. The van der Waals surface area contributed by atoms with Crippen molar-refractivity contribution < 1.29 is 9.59 Å². The van der Waals surface area contributed by atoms with Crippen LogP contribution in [-0.2, 0) is 9.59 Å². The highest BCUT2D eigenvalue weighted by molar-refractivity contribution is 5.99. The molecular formula is C17H21N3O2. The summed E-state index contributed by atoms with van der Waals surface area (Å²) in [5.41, 5.74) is 1.20. The standard InChI is InChI=1S/C17H21N3O2/c1-2-3-4-9-19-16(21)14-10-15(14)17(22)20-13-7-5-12(11-18)6-8-13/h5-8,14-15H,2-4,9-10H2,1H3,(H,19,21)(H,20,22). The molecule has 22 heavy (non-hydrogen) atoms. The Morgan fingerprint density at radius 1 is 1.18 bits per heavy atom. The summed E-state index contributed by atoms with van der Waals surface area (Å²) in [6, 6.07) is 8.72. The first-order valence-electron chi connectivity index (χ1n) is 7.74. The minimum absolute atomic E-state index is 0.0175. The van der Waals surface area contributed by atoms with Gasteiger partial charge in [0.05, 0.1) is 23.5 Å². The average molecular weight is 299 g/mol. The number of hydrogen-bond donors (Lipinski definition) is 2. The Labute approximate surface area is 130 Å². The second kappa shape index (κ2) is 7.60. The lowest BCUT2D eigenvalue weighted by atomic mass is 10.2. The van der Waals surface area contributed by atoms with Crippen molar-refractivity contribution >= 4 is 17.5 Å². The van der Waals surface area contributed by atoms with Crippen molar-refractivity contribution in [2.75, 3.05) is 11.9 Å². The van der Waals surface area contributed by atoms with Crippen LogP contribution < -0.4 is 10.6 Å². The molecule has 1 aliphatic rings. The normalized spacial score (nSPS) is 19.1. The molecule has 1 aromatic rings. The third-order valence-corrected chi connectivity index (χ3v) is 3.83. The highest BCUT2D eigenvalue weighted by Crippen LogP contribution is 2.39. The van der Waals surface area contributed by atoms with E-state index in [9.17, 15) is 9.59 Å². The van der Waals surface area contributed by atoms with Crippen LogP contribution in [0.4, 0.5) is 5.69 Å². The van der Waals surface area contributed by atoms with E-state index in [1.54, 1.807) is 24.3 Å². The molecule has 1 aromatic carbocycles. The molecule has 116 valence electrons. The number of rotatable bonds is 7. The quantitative estimate of drug-likeness (QED) is 0.759. The molecule has 0 aliphatic heterocycles. The minimum Gasteiger partial charge on any atom is -0.356 e. The number of carbonyl (C=O) groups is 2. The van der Waals surface area contributed by atoms with Gasteiger partial charge in [0.15, 0.2) is 0 Å². The fourth-order valence-corrected chi connectivity index (χ4v) is 2.36. The molecule has 0 spiro atoms. The number of carbonyl (C=O) groups excluding carboxylic acids is 2. The molecule has 2 rings (SSSR count).